The van der Waals surface area contributed by atoms with Gasteiger partial charge in [0.1, 0.15) is 11.5 Å². The minimum atomic E-state index is -0.359. The molecule has 4 nitrogen and oxygen atoms in total. The van der Waals surface area contributed by atoms with Gasteiger partial charge in [0.15, 0.2) is 0 Å². The van der Waals surface area contributed by atoms with Crippen LogP contribution in [0.1, 0.15) is 25.3 Å². The van der Waals surface area contributed by atoms with Gasteiger partial charge in [-0.15, -0.1) is 0 Å². The quantitative estimate of drug-likeness (QED) is 0.787. The molecule has 1 atom stereocenters. The van der Waals surface area contributed by atoms with Crippen LogP contribution >= 0.6 is 0 Å². The fourth-order valence-electron chi connectivity index (χ4n) is 3.19. The number of benzene rings is 1. The first-order valence-electron chi connectivity index (χ1n) is 7.56. The number of carbonyl (C=O) groups excluding carboxylic acids is 2. The lowest BCUT2D eigenvalue weighted by atomic mass is 9.98. The first-order valence-corrected chi connectivity index (χ1v) is 7.56. The largest absolute Gasteiger partial charge is 0.366 e. The summed E-state index contributed by atoms with van der Waals surface area (Å²) in [5.74, 6) is -0.449. The average molecular weight is 302 g/mol. The van der Waals surface area contributed by atoms with Crippen LogP contribution in [0.3, 0.4) is 0 Å². The Labute approximate surface area is 129 Å². The summed E-state index contributed by atoms with van der Waals surface area (Å²) < 4.78 is 13.1. The predicted octanol–water partition coefficient (Wildman–Crippen LogP) is 2.27. The highest BCUT2D eigenvalue weighted by Gasteiger charge is 2.40. The van der Waals surface area contributed by atoms with Crippen LogP contribution in [0.15, 0.2) is 30.0 Å². The molecule has 116 valence electrons. The molecule has 0 aromatic heterocycles. The fraction of sp³-hybridized carbons (Fsp3) is 0.412. The molecule has 22 heavy (non-hydrogen) atoms. The molecule has 0 radical (unpaired) electrons. The number of imide groups is 1. The molecule has 1 aromatic carbocycles. The molecule has 1 saturated heterocycles. The number of piperidine rings is 1. The van der Waals surface area contributed by atoms with Crippen molar-refractivity contribution in [2.45, 2.75) is 19.8 Å². The number of likely N-dealkylation sites (N-methyl/N-ethyl adjacent to an activating group) is 1. The van der Waals surface area contributed by atoms with E-state index >= 15 is 0 Å². The summed E-state index contributed by atoms with van der Waals surface area (Å²) in [6.45, 7) is 3.69. The van der Waals surface area contributed by atoms with Crippen LogP contribution in [-0.2, 0) is 9.59 Å². The first kappa shape index (κ1) is 14.8. The molecule has 0 N–H and O–H groups in total. The minimum absolute atomic E-state index is 0.265. The van der Waals surface area contributed by atoms with Gasteiger partial charge in [-0.3, -0.25) is 14.5 Å². The Balaban J connectivity index is 2.08. The zero-order chi connectivity index (χ0) is 15.9. The Hall–Kier alpha value is -2.17. The lowest BCUT2D eigenvalue weighted by Gasteiger charge is -2.33. The van der Waals surface area contributed by atoms with E-state index in [0.29, 0.717) is 22.8 Å². The lowest BCUT2D eigenvalue weighted by molar-refractivity contribution is -0.136. The molecular formula is C17H19FN2O2. The Morgan fingerprint density at radius 1 is 1.14 bits per heavy atom. The minimum Gasteiger partial charge on any atom is -0.366 e. The van der Waals surface area contributed by atoms with E-state index in [1.165, 1.54) is 19.2 Å². The van der Waals surface area contributed by atoms with Crippen molar-refractivity contribution in [3.05, 3.63) is 41.3 Å². The maximum Gasteiger partial charge on any atom is 0.277 e. The summed E-state index contributed by atoms with van der Waals surface area (Å²) in [6.07, 6.45) is 2.14. The van der Waals surface area contributed by atoms with Gasteiger partial charge in [-0.1, -0.05) is 19.1 Å². The summed E-state index contributed by atoms with van der Waals surface area (Å²) >= 11 is 0. The van der Waals surface area contributed by atoms with Crippen molar-refractivity contribution in [2.24, 2.45) is 5.92 Å². The summed E-state index contributed by atoms with van der Waals surface area (Å²) in [7, 11) is 1.49. The van der Waals surface area contributed by atoms with Crippen LogP contribution in [-0.4, -0.2) is 41.8 Å². The normalized spacial score (nSPS) is 22.8. The fourth-order valence-corrected chi connectivity index (χ4v) is 3.19. The van der Waals surface area contributed by atoms with E-state index in [4.69, 9.17) is 0 Å². The molecule has 1 fully saturated rings. The molecule has 2 amide bonds. The van der Waals surface area contributed by atoms with Crippen molar-refractivity contribution in [2.75, 3.05) is 20.1 Å². The van der Waals surface area contributed by atoms with Gasteiger partial charge >= 0.3 is 0 Å². The molecule has 2 aliphatic heterocycles. The van der Waals surface area contributed by atoms with Gasteiger partial charge in [-0.2, -0.15) is 0 Å². The van der Waals surface area contributed by atoms with Crippen molar-refractivity contribution in [1.82, 2.24) is 9.80 Å². The van der Waals surface area contributed by atoms with E-state index in [1.807, 2.05) is 4.90 Å². The van der Waals surface area contributed by atoms with Gasteiger partial charge in [0.25, 0.3) is 11.8 Å². The van der Waals surface area contributed by atoms with Gasteiger partial charge in [-0.05, 0) is 36.5 Å². The van der Waals surface area contributed by atoms with Crippen LogP contribution in [0.4, 0.5) is 4.39 Å². The topological polar surface area (TPSA) is 40.6 Å². The van der Waals surface area contributed by atoms with E-state index in [9.17, 15) is 14.0 Å². The number of halogens is 1. The molecule has 0 aliphatic carbocycles. The Kier molecular flexibility index (Phi) is 3.72. The second-order valence-electron chi connectivity index (χ2n) is 6.09. The third-order valence-corrected chi connectivity index (χ3v) is 4.37. The lowest BCUT2D eigenvalue weighted by Crippen LogP contribution is -2.38. The van der Waals surface area contributed by atoms with Crippen molar-refractivity contribution >= 4 is 17.4 Å². The van der Waals surface area contributed by atoms with Gasteiger partial charge in [0.05, 0.1) is 5.57 Å². The summed E-state index contributed by atoms with van der Waals surface area (Å²) in [5, 5.41) is 0. The second kappa shape index (κ2) is 5.55. The number of hydrogen-bond donors (Lipinski definition) is 0. The number of amides is 2. The first-order chi connectivity index (χ1) is 10.5. The van der Waals surface area contributed by atoms with Crippen LogP contribution in [0.25, 0.3) is 5.57 Å². The molecule has 2 aliphatic rings. The highest BCUT2D eigenvalue weighted by molar-refractivity contribution is 6.35. The number of carbonyl (C=O) groups is 2. The zero-order valence-electron chi connectivity index (χ0n) is 12.8. The zero-order valence-corrected chi connectivity index (χ0v) is 12.8. The average Bonchev–Trinajstić information content (AvgIpc) is 2.72. The SMILES string of the molecule is CC1CCCN(C2=C(c3ccc(F)cc3)C(=O)N(C)C2=O)C1. The molecule has 0 saturated carbocycles. The van der Waals surface area contributed by atoms with Gasteiger partial charge in [-0.25, -0.2) is 4.39 Å². The number of hydrogen-bond acceptors (Lipinski definition) is 3. The van der Waals surface area contributed by atoms with Crippen molar-refractivity contribution in [3.63, 3.8) is 0 Å². The van der Waals surface area contributed by atoms with E-state index in [1.54, 1.807) is 12.1 Å². The molecule has 0 bridgehead atoms. The van der Waals surface area contributed by atoms with Crippen LogP contribution < -0.4 is 0 Å². The molecule has 1 aromatic rings. The molecule has 3 rings (SSSR count). The van der Waals surface area contributed by atoms with Crippen LogP contribution in [0.2, 0.25) is 0 Å². The van der Waals surface area contributed by atoms with Crippen molar-refractivity contribution < 1.29 is 14.0 Å². The Bertz CT molecular complexity index is 651. The molecular weight excluding hydrogens is 283 g/mol. The highest BCUT2D eigenvalue weighted by Crippen LogP contribution is 2.33. The highest BCUT2D eigenvalue weighted by atomic mass is 19.1. The molecule has 1 unspecified atom stereocenters. The van der Waals surface area contributed by atoms with Crippen LogP contribution in [0.5, 0.6) is 0 Å². The maximum absolute atomic E-state index is 13.1. The van der Waals surface area contributed by atoms with Gasteiger partial charge in [0.2, 0.25) is 0 Å². The molecule has 5 heteroatoms. The standard InChI is InChI=1S/C17H19FN2O2/c1-11-4-3-9-20(10-11)15-14(16(21)19(2)17(15)22)12-5-7-13(18)8-6-12/h5-8,11H,3-4,9-10H2,1-2H3. The molecule has 2 heterocycles. The number of nitrogens with zero attached hydrogens (tertiary/aromatic N) is 2. The van der Waals surface area contributed by atoms with E-state index in [-0.39, 0.29) is 17.6 Å². The Morgan fingerprint density at radius 2 is 1.82 bits per heavy atom. The molecule has 0 spiro atoms. The smallest absolute Gasteiger partial charge is 0.277 e. The van der Waals surface area contributed by atoms with Crippen molar-refractivity contribution in [1.29, 1.82) is 0 Å². The maximum atomic E-state index is 13.1. The predicted molar refractivity (Wildman–Crippen MR) is 81.1 cm³/mol. The van der Waals surface area contributed by atoms with Gasteiger partial charge in [0, 0.05) is 20.1 Å². The van der Waals surface area contributed by atoms with Crippen molar-refractivity contribution in [3.8, 4) is 0 Å². The third kappa shape index (κ3) is 2.40. The van der Waals surface area contributed by atoms with E-state index < -0.39 is 0 Å². The Morgan fingerprint density at radius 3 is 2.45 bits per heavy atom. The summed E-state index contributed by atoms with van der Waals surface area (Å²) in [6, 6.07) is 5.74. The van der Waals surface area contributed by atoms with E-state index in [0.717, 1.165) is 30.8 Å². The summed E-state index contributed by atoms with van der Waals surface area (Å²) in [5.41, 5.74) is 1.45. The summed E-state index contributed by atoms with van der Waals surface area (Å²) in [4.78, 5) is 28.1. The monoisotopic (exact) mass is 302 g/mol. The second-order valence-corrected chi connectivity index (χ2v) is 6.09. The number of likely N-dealkylation sites (tertiary alicyclic amines) is 1. The van der Waals surface area contributed by atoms with E-state index in [2.05, 4.69) is 6.92 Å². The third-order valence-electron chi connectivity index (χ3n) is 4.37. The number of rotatable bonds is 2. The van der Waals surface area contributed by atoms with Gasteiger partial charge < -0.3 is 4.90 Å². The van der Waals surface area contributed by atoms with Crippen LogP contribution in [0, 0.1) is 11.7 Å².